The zero-order valence-corrected chi connectivity index (χ0v) is 21.0. The minimum Gasteiger partial charge on any atom is -0.490 e. The molecule has 188 valence electrons. The maximum atomic E-state index is 13.4. The molecule has 2 aromatic rings. The number of carbonyl (C=O) groups is 1. The van der Waals surface area contributed by atoms with E-state index in [2.05, 4.69) is 46.0 Å². The highest BCUT2D eigenvalue weighted by molar-refractivity contribution is 6.00. The predicted molar refractivity (Wildman–Crippen MR) is 138 cm³/mol. The summed E-state index contributed by atoms with van der Waals surface area (Å²) in [6, 6.07) is 14.4. The van der Waals surface area contributed by atoms with E-state index in [1.54, 1.807) is 0 Å². The topological polar surface area (TPSA) is 59.5 Å². The van der Waals surface area contributed by atoms with Crippen LogP contribution < -0.4 is 9.64 Å². The van der Waals surface area contributed by atoms with Gasteiger partial charge in [-0.1, -0.05) is 24.3 Å². The maximum absolute atomic E-state index is 13.4. The van der Waals surface area contributed by atoms with Gasteiger partial charge in [0.15, 0.2) is 0 Å². The Hall–Kier alpha value is -2.61. The van der Waals surface area contributed by atoms with Gasteiger partial charge in [0, 0.05) is 65.5 Å². The molecular formula is C28H38N4O3. The number of piperidine rings is 1. The second-order valence-electron chi connectivity index (χ2n) is 10.4. The number of benzene rings is 2. The van der Waals surface area contributed by atoms with E-state index in [4.69, 9.17) is 4.74 Å². The molecule has 3 aliphatic heterocycles. The lowest BCUT2D eigenvalue weighted by Crippen LogP contribution is -2.44. The van der Waals surface area contributed by atoms with E-state index in [-0.39, 0.29) is 12.0 Å². The van der Waals surface area contributed by atoms with Crippen LogP contribution >= 0.6 is 0 Å². The first-order valence-corrected chi connectivity index (χ1v) is 12.9. The Morgan fingerprint density at radius 1 is 0.971 bits per heavy atom. The summed E-state index contributed by atoms with van der Waals surface area (Å²) in [5.74, 6) is 0.815. The smallest absolute Gasteiger partial charge is 0.256 e. The third-order valence-corrected chi connectivity index (χ3v) is 7.68. The molecule has 0 unspecified atom stereocenters. The molecule has 35 heavy (non-hydrogen) atoms. The van der Waals surface area contributed by atoms with Crippen molar-refractivity contribution in [3.8, 4) is 5.75 Å². The van der Waals surface area contributed by atoms with Crippen LogP contribution in [0.5, 0.6) is 5.75 Å². The number of amides is 1. The summed E-state index contributed by atoms with van der Waals surface area (Å²) in [5, 5.41) is 10.9. The Kier molecular flexibility index (Phi) is 7.27. The number of nitrogens with zero attached hydrogens (tertiary/aromatic N) is 4. The van der Waals surface area contributed by atoms with Gasteiger partial charge in [-0.15, -0.1) is 0 Å². The fraction of sp³-hybridized carbons (Fsp3) is 0.536. The van der Waals surface area contributed by atoms with Crippen molar-refractivity contribution in [1.82, 2.24) is 14.7 Å². The standard InChI is InChI=1S/C28H38N4O3/c1-29-12-10-24(11-13-29)35-25-7-8-26-27(17-25)30(2)15-16-32(28(26)34)20-23(33)19-31-14-9-21-5-3-4-6-22(21)18-31/h3-8,17,23-24,33H,9-16,18-20H2,1-2H3/t23-/m1/s1. The van der Waals surface area contributed by atoms with Gasteiger partial charge in [-0.3, -0.25) is 9.69 Å². The molecule has 2 aromatic carbocycles. The summed E-state index contributed by atoms with van der Waals surface area (Å²) in [7, 11) is 4.17. The Balaban J connectivity index is 1.21. The van der Waals surface area contributed by atoms with Gasteiger partial charge >= 0.3 is 0 Å². The summed E-state index contributed by atoms with van der Waals surface area (Å²) in [5.41, 5.74) is 4.33. The van der Waals surface area contributed by atoms with Gasteiger partial charge in [-0.05, 0) is 49.6 Å². The Morgan fingerprint density at radius 2 is 1.74 bits per heavy atom. The van der Waals surface area contributed by atoms with Crippen LogP contribution in [0, 0.1) is 0 Å². The zero-order chi connectivity index (χ0) is 24.4. The van der Waals surface area contributed by atoms with Crippen LogP contribution in [0.4, 0.5) is 5.69 Å². The Morgan fingerprint density at radius 3 is 2.54 bits per heavy atom. The molecule has 1 atom stereocenters. The van der Waals surface area contributed by atoms with Gasteiger partial charge in [-0.25, -0.2) is 0 Å². The highest BCUT2D eigenvalue weighted by Gasteiger charge is 2.28. The van der Waals surface area contributed by atoms with E-state index < -0.39 is 6.10 Å². The Bertz CT molecular complexity index is 1040. The number of anilines is 1. The second-order valence-corrected chi connectivity index (χ2v) is 10.4. The molecular weight excluding hydrogens is 440 g/mol. The van der Waals surface area contributed by atoms with E-state index in [0.29, 0.717) is 25.2 Å². The van der Waals surface area contributed by atoms with Crippen molar-refractivity contribution < 1.29 is 14.6 Å². The van der Waals surface area contributed by atoms with Crippen LogP contribution in [-0.4, -0.2) is 97.8 Å². The average molecular weight is 479 g/mol. The fourth-order valence-corrected chi connectivity index (χ4v) is 5.53. The minimum absolute atomic E-state index is 0.0155. The number of aliphatic hydroxyl groups is 1. The molecule has 3 heterocycles. The predicted octanol–water partition coefficient (Wildman–Crippen LogP) is 2.47. The third kappa shape index (κ3) is 5.63. The molecule has 5 rings (SSSR count). The van der Waals surface area contributed by atoms with Gasteiger partial charge < -0.3 is 24.5 Å². The van der Waals surface area contributed by atoms with Crippen LogP contribution in [0.15, 0.2) is 42.5 Å². The van der Waals surface area contributed by atoms with Crippen molar-refractivity contribution in [2.45, 2.75) is 38.0 Å². The number of hydrogen-bond donors (Lipinski definition) is 1. The number of carbonyl (C=O) groups excluding carboxylic acids is 1. The van der Waals surface area contributed by atoms with Crippen LogP contribution in [0.3, 0.4) is 0 Å². The Labute approximate surface area is 208 Å². The summed E-state index contributed by atoms with van der Waals surface area (Å²) in [6.45, 7) is 6.13. The first-order valence-electron chi connectivity index (χ1n) is 12.9. The van der Waals surface area contributed by atoms with Crippen LogP contribution in [-0.2, 0) is 13.0 Å². The lowest BCUT2D eigenvalue weighted by atomic mass is 10.00. The van der Waals surface area contributed by atoms with Crippen molar-refractivity contribution >= 4 is 11.6 Å². The van der Waals surface area contributed by atoms with Gasteiger partial charge in [0.1, 0.15) is 11.9 Å². The monoisotopic (exact) mass is 478 g/mol. The number of rotatable bonds is 6. The molecule has 7 nitrogen and oxygen atoms in total. The van der Waals surface area contributed by atoms with Crippen molar-refractivity contribution in [2.75, 3.05) is 64.8 Å². The highest BCUT2D eigenvalue weighted by atomic mass is 16.5. The van der Waals surface area contributed by atoms with E-state index in [1.165, 1.54) is 11.1 Å². The number of ether oxygens (including phenoxy) is 1. The average Bonchev–Trinajstić information content (AvgIpc) is 2.97. The van der Waals surface area contributed by atoms with E-state index >= 15 is 0 Å². The molecule has 1 amide bonds. The quantitative estimate of drug-likeness (QED) is 0.689. The zero-order valence-electron chi connectivity index (χ0n) is 21.0. The molecule has 3 aliphatic rings. The molecule has 0 radical (unpaired) electrons. The first-order chi connectivity index (χ1) is 17.0. The van der Waals surface area contributed by atoms with Gasteiger partial charge in [0.25, 0.3) is 5.91 Å². The van der Waals surface area contributed by atoms with Crippen molar-refractivity contribution in [3.05, 3.63) is 59.2 Å². The van der Waals surface area contributed by atoms with Crippen molar-refractivity contribution in [2.24, 2.45) is 0 Å². The highest BCUT2D eigenvalue weighted by Crippen LogP contribution is 2.30. The number of aliphatic hydroxyl groups excluding tert-OH is 1. The third-order valence-electron chi connectivity index (χ3n) is 7.68. The molecule has 1 N–H and O–H groups in total. The number of hydrogen-bond acceptors (Lipinski definition) is 6. The molecule has 0 spiro atoms. The summed E-state index contributed by atoms with van der Waals surface area (Å²) in [6.07, 6.45) is 2.70. The molecule has 0 saturated carbocycles. The maximum Gasteiger partial charge on any atom is 0.256 e. The SMILES string of the molecule is CN1CCC(Oc2ccc3c(c2)N(C)CCN(C[C@H](O)CN2CCc4ccccc4C2)C3=O)CC1. The van der Waals surface area contributed by atoms with Gasteiger partial charge in [0.2, 0.25) is 0 Å². The van der Waals surface area contributed by atoms with Crippen LogP contribution in [0.25, 0.3) is 0 Å². The number of likely N-dealkylation sites (tertiary alicyclic amines) is 1. The fourth-order valence-electron chi connectivity index (χ4n) is 5.53. The molecule has 0 aliphatic carbocycles. The molecule has 1 fully saturated rings. The second kappa shape index (κ2) is 10.6. The van der Waals surface area contributed by atoms with E-state index in [0.717, 1.165) is 63.4 Å². The van der Waals surface area contributed by atoms with Crippen LogP contribution in [0.1, 0.15) is 34.3 Å². The van der Waals surface area contributed by atoms with Crippen molar-refractivity contribution in [3.63, 3.8) is 0 Å². The minimum atomic E-state index is -0.580. The molecule has 0 bridgehead atoms. The van der Waals surface area contributed by atoms with Crippen LogP contribution in [0.2, 0.25) is 0 Å². The normalized spacial score (nSPS) is 20.8. The van der Waals surface area contributed by atoms with E-state index in [9.17, 15) is 9.90 Å². The van der Waals surface area contributed by atoms with Crippen molar-refractivity contribution in [1.29, 1.82) is 0 Å². The largest absolute Gasteiger partial charge is 0.490 e. The lowest BCUT2D eigenvalue weighted by Gasteiger charge is -2.32. The number of likely N-dealkylation sites (N-methyl/N-ethyl adjacent to an activating group) is 1. The summed E-state index contributed by atoms with van der Waals surface area (Å²) < 4.78 is 6.27. The summed E-state index contributed by atoms with van der Waals surface area (Å²) in [4.78, 5) is 22.0. The molecule has 0 aromatic heterocycles. The van der Waals surface area contributed by atoms with Gasteiger partial charge in [0.05, 0.1) is 17.4 Å². The van der Waals surface area contributed by atoms with E-state index in [1.807, 2.05) is 30.1 Å². The number of β-amino-alcohol motifs (C(OH)–C–C–N with tert-alkyl or cyclic N) is 1. The number of fused-ring (bicyclic) bond motifs is 2. The van der Waals surface area contributed by atoms with Gasteiger partial charge in [-0.2, -0.15) is 0 Å². The summed E-state index contributed by atoms with van der Waals surface area (Å²) >= 11 is 0. The molecule has 1 saturated heterocycles. The molecule has 7 heteroatoms. The lowest BCUT2D eigenvalue weighted by molar-refractivity contribution is 0.0521. The first kappa shape index (κ1) is 24.1.